The third kappa shape index (κ3) is 6.64. The number of nitrogens with one attached hydrogen (secondary N) is 2. The quantitative estimate of drug-likeness (QED) is 0.744. The van der Waals surface area contributed by atoms with Crippen molar-refractivity contribution in [1.82, 2.24) is 15.6 Å². The van der Waals surface area contributed by atoms with Gasteiger partial charge in [-0.3, -0.25) is 0 Å². The molecule has 0 radical (unpaired) electrons. The first-order valence-corrected chi connectivity index (χ1v) is 6.62. The monoisotopic (exact) mass is 265 g/mol. The summed E-state index contributed by atoms with van der Waals surface area (Å²) in [7, 11) is 1.57. The van der Waals surface area contributed by atoms with E-state index in [0.29, 0.717) is 24.9 Å². The van der Waals surface area contributed by atoms with Gasteiger partial charge >= 0.3 is 6.03 Å². The van der Waals surface area contributed by atoms with Crippen LogP contribution in [-0.2, 0) is 6.54 Å². The number of ether oxygens (including phenoxy) is 1. The Balaban J connectivity index is 2.18. The van der Waals surface area contributed by atoms with Gasteiger partial charge in [0.25, 0.3) is 0 Å². The Morgan fingerprint density at radius 1 is 1.37 bits per heavy atom. The largest absolute Gasteiger partial charge is 0.481 e. The fourth-order valence-electron chi connectivity index (χ4n) is 1.59. The Labute approximate surface area is 114 Å². The van der Waals surface area contributed by atoms with Gasteiger partial charge in [0.15, 0.2) is 0 Å². The minimum atomic E-state index is -0.139. The number of urea groups is 1. The standard InChI is InChI=1S/C14H23N3O2/c1-11(2)5-4-8-15-14(18)17-10-12-6-7-13(19-3)16-9-12/h6-7,9,11H,4-5,8,10H2,1-3H3,(H2,15,17,18). The molecule has 0 fully saturated rings. The lowest BCUT2D eigenvalue weighted by molar-refractivity contribution is 0.240. The third-order valence-electron chi connectivity index (χ3n) is 2.70. The van der Waals surface area contributed by atoms with Crippen molar-refractivity contribution in [2.75, 3.05) is 13.7 Å². The Morgan fingerprint density at radius 2 is 2.16 bits per heavy atom. The molecule has 106 valence electrons. The van der Waals surface area contributed by atoms with Gasteiger partial charge < -0.3 is 15.4 Å². The zero-order valence-electron chi connectivity index (χ0n) is 11.9. The number of carbonyl (C=O) groups is 1. The summed E-state index contributed by atoms with van der Waals surface area (Å²) in [4.78, 5) is 15.6. The maximum absolute atomic E-state index is 11.5. The number of carbonyl (C=O) groups excluding carboxylic acids is 1. The highest BCUT2D eigenvalue weighted by Crippen LogP contribution is 2.06. The van der Waals surface area contributed by atoms with E-state index in [0.717, 1.165) is 18.4 Å². The zero-order valence-corrected chi connectivity index (χ0v) is 11.9. The first-order valence-electron chi connectivity index (χ1n) is 6.62. The molecule has 0 aliphatic carbocycles. The number of hydrogen-bond donors (Lipinski definition) is 2. The van der Waals surface area contributed by atoms with Crippen molar-refractivity contribution in [3.63, 3.8) is 0 Å². The van der Waals surface area contributed by atoms with Crippen molar-refractivity contribution in [3.8, 4) is 5.88 Å². The highest BCUT2D eigenvalue weighted by Gasteiger charge is 2.01. The lowest BCUT2D eigenvalue weighted by Crippen LogP contribution is -2.35. The molecule has 0 atom stereocenters. The minimum Gasteiger partial charge on any atom is -0.481 e. The van der Waals surface area contributed by atoms with E-state index in [4.69, 9.17) is 4.74 Å². The van der Waals surface area contributed by atoms with E-state index in [1.54, 1.807) is 19.4 Å². The van der Waals surface area contributed by atoms with E-state index in [1.807, 2.05) is 6.07 Å². The molecule has 5 nitrogen and oxygen atoms in total. The van der Waals surface area contributed by atoms with Crippen LogP contribution in [0.4, 0.5) is 4.79 Å². The Bertz CT molecular complexity index is 377. The van der Waals surface area contributed by atoms with Crippen molar-refractivity contribution >= 4 is 6.03 Å². The van der Waals surface area contributed by atoms with Crippen LogP contribution >= 0.6 is 0 Å². The van der Waals surface area contributed by atoms with Crippen molar-refractivity contribution in [2.24, 2.45) is 5.92 Å². The molecule has 0 saturated heterocycles. The first kappa shape index (κ1) is 15.3. The van der Waals surface area contributed by atoms with Gasteiger partial charge in [-0.1, -0.05) is 19.9 Å². The molecule has 0 unspecified atom stereocenters. The molecule has 1 aromatic rings. The summed E-state index contributed by atoms with van der Waals surface area (Å²) in [5, 5.41) is 5.63. The Morgan fingerprint density at radius 3 is 2.74 bits per heavy atom. The summed E-state index contributed by atoms with van der Waals surface area (Å²) in [6, 6.07) is 3.52. The molecule has 0 aliphatic rings. The molecule has 0 aromatic carbocycles. The summed E-state index contributed by atoms with van der Waals surface area (Å²) >= 11 is 0. The Kier molecular flexibility index (Phi) is 6.71. The number of pyridine rings is 1. The van der Waals surface area contributed by atoms with Gasteiger partial charge in [-0.15, -0.1) is 0 Å². The number of amides is 2. The molecule has 5 heteroatoms. The molecular formula is C14H23N3O2. The van der Waals surface area contributed by atoms with Gasteiger partial charge in [0.1, 0.15) is 0 Å². The minimum absolute atomic E-state index is 0.139. The number of methoxy groups -OCH3 is 1. The van der Waals surface area contributed by atoms with Gasteiger partial charge in [0.05, 0.1) is 7.11 Å². The van der Waals surface area contributed by atoms with E-state index in [1.165, 1.54) is 0 Å². The highest BCUT2D eigenvalue weighted by molar-refractivity contribution is 5.73. The van der Waals surface area contributed by atoms with Crippen LogP contribution in [0.25, 0.3) is 0 Å². The number of aromatic nitrogens is 1. The average Bonchev–Trinajstić information content (AvgIpc) is 2.41. The second-order valence-corrected chi connectivity index (χ2v) is 4.85. The van der Waals surface area contributed by atoms with E-state index in [9.17, 15) is 4.79 Å². The van der Waals surface area contributed by atoms with Crippen LogP contribution < -0.4 is 15.4 Å². The molecule has 0 spiro atoms. The van der Waals surface area contributed by atoms with Gasteiger partial charge in [-0.05, 0) is 24.3 Å². The number of nitrogens with zero attached hydrogens (tertiary/aromatic N) is 1. The van der Waals surface area contributed by atoms with Crippen LogP contribution in [0.5, 0.6) is 5.88 Å². The molecule has 0 aliphatic heterocycles. The maximum Gasteiger partial charge on any atom is 0.315 e. The smallest absolute Gasteiger partial charge is 0.315 e. The molecule has 0 bridgehead atoms. The average molecular weight is 265 g/mol. The van der Waals surface area contributed by atoms with Crippen molar-refractivity contribution in [2.45, 2.75) is 33.2 Å². The molecule has 1 aromatic heterocycles. The fraction of sp³-hybridized carbons (Fsp3) is 0.571. The molecule has 0 saturated carbocycles. The summed E-state index contributed by atoms with van der Waals surface area (Å²) in [6.45, 7) is 5.53. The molecule has 2 N–H and O–H groups in total. The van der Waals surface area contributed by atoms with Crippen molar-refractivity contribution in [3.05, 3.63) is 23.9 Å². The van der Waals surface area contributed by atoms with Crippen molar-refractivity contribution < 1.29 is 9.53 Å². The second-order valence-electron chi connectivity index (χ2n) is 4.85. The molecule has 1 rings (SSSR count). The van der Waals surface area contributed by atoms with E-state index in [2.05, 4.69) is 29.5 Å². The summed E-state index contributed by atoms with van der Waals surface area (Å²) in [5.41, 5.74) is 0.943. The van der Waals surface area contributed by atoms with Crippen LogP contribution in [0.1, 0.15) is 32.3 Å². The summed E-state index contributed by atoms with van der Waals surface area (Å²) in [5.74, 6) is 1.25. The van der Waals surface area contributed by atoms with Crippen LogP contribution in [0.15, 0.2) is 18.3 Å². The van der Waals surface area contributed by atoms with E-state index >= 15 is 0 Å². The van der Waals surface area contributed by atoms with Gasteiger partial charge in [0.2, 0.25) is 5.88 Å². The maximum atomic E-state index is 11.5. The van der Waals surface area contributed by atoms with Crippen LogP contribution in [-0.4, -0.2) is 24.7 Å². The van der Waals surface area contributed by atoms with Gasteiger partial charge in [0, 0.05) is 25.4 Å². The van der Waals surface area contributed by atoms with E-state index < -0.39 is 0 Å². The van der Waals surface area contributed by atoms with Crippen LogP contribution in [0.3, 0.4) is 0 Å². The van der Waals surface area contributed by atoms with Crippen molar-refractivity contribution in [1.29, 1.82) is 0 Å². The fourth-order valence-corrected chi connectivity index (χ4v) is 1.59. The Hall–Kier alpha value is -1.78. The van der Waals surface area contributed by atoms with Gasteiger partial charge in [-0.2, -0.15) is 0 Å². The molecular weight excluding hydrogens is 242 g/mol. The lowest BCUT2D eigenvalue weighted by atomic mass is 10.1. The SMILES string of the molecule is COc1ccc(CNC(=O)NCCCC(C)C)cn1. The van der Waals surface area contributed by atoms with Crippen LogP contribution in [0.2, 0.25) is 0 Å². The predicted octanol–water partition coefficient (Wildman–Crippen LogP) is 2.33. The molecule has 1 heterocycles. The molecule has 19 heavy (non-hydrogen) atoms. The third-order valence-corrected chi connectivity index (χ3v) is 2.70. The predicted molar refractivity (Wildman–Crippen MR) is 75.1 cm³/mol. The zero-order chi connectivity index (χ0) is 14.1. The van der Waals surface area contributed by atoms with Gasteiger partial charge in [-0.25, -0.2) is 9.78 Å². The van der Waals surface area contributed by atoms with Crippen LogP contribution in [0, 0.1) is 5.92 Å². The topological polar surface area (TPSA) is 63.2 Å². The lowest BCUT2D eigenvalue weighted by Gasteiger charge is -2.08. The van der Waals surface area contributed by atoms with E-state index in [-0.39, 0.29) is 6.03 Å². The summed E-state index contributed by atoms with van der Waals surface area (Å²) < 4.78 is 4.97. The summed E-state index contributed by atoms with van der Waals surface area (Å²) in [6.07, 6.45) is 3.83. The highest BCUT2D eigenvalue weighted by atomic mass is 16.5. The first-order chi connectivity index (χ1) is 9.11. The second kappa shape index (κ2) is 8.34. The normalized spacial score (nSPS) is 10.3. The number of rotatable bonds is 7. The number of hydrogen-bond acceptors (Lipinski definition) is 3. The molecule has 2 amide bonds.